The first kappa shape index (κ1) is 17.5. The van der Waals surface area contributed by atoms with Gasteiger partial charge in [-0.2, -0.15) is 0 Å². The van der Waals surface area contributed by atoms with Crippen molar-refractivity contribution in [3.05, 3.63) is 42.9 Å². The zero-order valence-corrected chi connectivity index (χ0v) is 15.1. The second kappa shape index (κ2) is 7.31. The number of rotatable bonds is 4. The molecule has 7 nitrogen and oxygen atoms in total. The number of nitrogens with one attached hydrogen (secondary N) is 1. The molecule has 3 rings (SSSR count). The highest BCUT2D eigenvalue weighted by atomic mass is 16.4. The lowest BCUT2D eigenvalue weighted by Gasteiger charge is -2.39. The van der Waals surface area contributed by atoms with Gasteiger partial charge in [0.1, 0.15) is 11.4 Å². The van der Waals surface area contributed by atoms with Crippen molar-refractivity contribution < 1.29 is 9.52 Å². The predicted molar refractivity (Wildman–Crippen MR) is 96.3 cm³/mol. The van der Waals surface area contributed by atoms with E-state index in [0.29, 0.717) is 24.3 Å². The summed E-state index contributed by atoms with van der Waals surface area (Å²) in [5, 5.41) is 13.9. The summed E-state index contributed by atoms with van der Waals surface area (Å²) in [6.45, 7) is 6.14. The predicted octanol–water partition coefficient (Wildman–Crippen LogP) is 1.84. The molecule has 0 radical (unpaired) electrons. The van der Waals surface area contributed by atoms with Gasteiger partial charge in [-0.15, -0.1) is 0 Å². The number of aliphatic imine (C=N–C) groups is 1. The van der Waals surface area contributed by atoms with Crippen LogP contribution in [-0.2, 0) is 5.60 Å². The molecule has 136 valence electrons. The molecule has 2 N–H and O–H groups in total. The fourth-order valence-corrected chi connectivity index (χ4v) is 3.35. The van der Waals surface area contributed by atoms with Gasteiger partial charge in [-0.05, 0) is 31.4 Å². The molecule has 3 atom stereocenters. The van der Waals surface area contributed by atoms with Crippen molar-refractivity contribution in [2.45, 2.75) is 31.9 Å². The van der Waals surface area contributed by atoms with E-state index in [4.69, 9.17) is 4.42 Å². The number of aromatic nitrogens is 2. The van der Waals surface area contributed by atoms with Crippen molar-refractivity contribution in [1.29, 1.82) is 0 Å². The van der Waals surface area contributed by atoms with Crippen LogP contribution in [0.2, 0.25) is 0 Å². The van der Waals surface area contributed by atoms with Gasteiger partial charge in [0.15, 0.2) is 5.96 Å². The Morgan fingerprint density at radius 2 is 2.40 bits per heavy atom. The van der Waals surface area contributed by atoms with Crippen LogP contribution in [0, 0.1) is 5.92 Å². The molecule has 1 aliphatic heterocycles. The van der Waals surface area contributed by atoms with Crippen molar-refractivity contribution in [2.75, 3.05) is 26.7 Å². The largest absolute Gasteiger partial charge is 0.466 e. The summed E-state index contributed by atoms with van der Waals surface area (Å²) in [7, 11) is 1.77. The zero-order chi connectivity index (χ0) is 17.9. The summed E-state index contributed by atoms with van der Waals surface area (Å²) in [5.41, 5.74) is -1.09. The Labute approximate surface area is 148 Å². The standard InChI is InChI=1S/C18H27N5O2/c1-14-6-8-22(11-15(14)23-9-7-20-13-23)17(19-3)21-12-18(2,24)16-5-4-10-25-16/h4-5,7,9-10,13-15,24H,6,8,11-12H2,1-3H3,(H,19,21). The van der Waals surface area contributed by atoms with E-state index < -0.39 is 5.60 Å². The highest BCUT2D eigenvalue weighted by Crippen LogP contribution is 2.27. The minimum atomic E-state index is -1.09. The molecule has 1 aliphatic rings. The van der Waals surface area contributed by atoms with Gasteiger partial charge in [0.25, 0.3) is 0 Å². The minimum absolute atomic E-state index is 0.328. The van der Waals surface area contributed by atoms with E-state index >= 15 is 0 Å². The molecule has 0 bridgehead atoms. The summed E-state index contributed by atoms with van der Waals surface area (Å²) < 4.78 is 7.51. The number of hydrogen-bond donors (Lipinski definition) is 2. The second-order valence-corrected chi connectivity index (χ2v) is 6.94. The summed E-state index contributed by atoms with van der Waals surface area (Å²) in [5.74, 6) is 1.91. The van der Waals surface area contributed by atoms with Gasteiger partial charge in [0, 0.05) is 32.5 Å². The molecule has 1 fully saturated rings. The number of nitrogens with zero attached hydrogens (tertiary/aromatic N) is 4. The van der Waals surface area contributed by atoms with E-state index in [1.807, 2.05) is 18.7 Å². The Kier molecular flexibility index (Phi) is 5.13. The normalized spacial score (nSPS) is 24.2. The maximum absolute atomic E-state index is 10.6. The van der Waals surface area contributed by atoms with Crippen molar-refractivity contribution in [2.24, 2.45) is 10.9 Å². The van der Waals surface area contributed by atoms with Crippen LogP contribution in [0.15, 0.2) is 46.5 Å². The van der Waals surface area contributed by atoms with Gasteiger partial charge >= 0.3 is 0 Å². The molecule has 0 spiro atoms. The van der Waals surface area contributed by atoms with Gasteiger partial charge in [-0.25, -0.2) is 4.98 Å². The Balaban J connectivity index is 1.65. The van der Waals surface area contributed by atoms with Gasteiger partial charge in [0.2, 0.25) is 0 Å². The lowest BCUT2D eigenvalue weighted by Crippen LogP contribution is -2.51. The molecule has 0 saturated carbocycles. The van der Waals surface area contributed by atoms with Crippen LogP contribution in [0.3, 0.4) is 0 Å². The Morgan fingerprint density at radius 3 is 3.04 bits per heavy atom. The quantitative estimate of drug-likeness (QED) is 0.653. The van der Waals surface area contributed by atoms with Crippen molar-refractivity contribution >= 4 is 5.96 Å². The van der Waals surface area contributed by atoms with Crippen LogP contribution in [-0.4, -0.2) is 52.2 Å². The van der Waals surface area contributed by atoms with Gasteiger partial charge in [-0.1, -0.05) is 6.92 Å². The molecule has 3 unspecified atom stereocenters. The molecule has 3 heterocycles. The third-order valence-corrected chi connectivity index (χ3v) is 4.98. The number of piperidine rings is 1. The minimum Gasteiger partial charge on any atom is -0.466 e. The van der Waals surface area contributed by atoms with E-state index in [0.717, 1.165) is 25.5 Å². The Bertz CT molecular complexity index is 678. The average molecular weight is 345 g/mol. The molecule has 2 aromatic heterocycles. The number of furan rings is 1. The van der Waals surface area contributed by atoms with Crippen LogP contribution >= 0.6 is 0 Å². The Morgan fingerprint density at radius 1 is 1.56 bits per heavy atom. The number of imidazole rings is 1. The van der Waals surface area contributed by atoms with Gasteiger partial charge in [-0.3, -0.25) is 4.99 Å². The van der Waals surface area contributed by atoms with Crippen LogP contribution in [0.1, 0.15) is 32.1 Å². The Hall–Kier alpha value is -2.28. The third kappa shape index (κ3) is 3.87. The molecule has 25 heavy (non-hydrogen) atoms. The highest BCUT2D eigenvalue weighted by Gasteiger charge is 2.31. The summed E-state index contributed by atoms with van der Waals surface area (Å²) in [6.07, 6.45) is 8.36. The molecular formula is C18H27N5O2. The van der Waals surface area contributed by atoms with Crippen LogP contribution in [0.25, 0.3) is 0 Å². The molecule has 7 heteroatoms. The number of hydrogen-bond acceptors (Lipinski definition) is 4. The fraction of sp³-hybridized carbons (Fsp3) is 0.556. The first-order chi connectivity index (χ1) is 12.0. The van der Waals surface area contributed by atoms with Crippen LogP contribution < -0.4 is 5.32 Å². The molecule has 2 aromatic rings. The first-order valence-corrected chi connectivity index (χ1v) is 8.70. The maximum atomic E-state index is 10.6. The number of likely N-dealkylation sites (tertiary alicyclic amines) is 1. The number of aliphatic hydroxyl groups is 1. The summed E-state index contributed by atoms with van der Waals surface area (Å²) >= 11 is 0. The summed E-state index contributed by atoms with van der Waals surface area (Å²) in [6, 6.07) is 3.92. The van der Waals surface area contributed by atoms with E-state index in [2.05, 4.69) is 31.7 Å². The van der Waals surface area contributed by atoms with Gasteiger partial charge in [0.05, 0.1) is 25.2 Å². The first-order valence-electron chi connectivity index (χ1n) is 8.70. The third-order valence-electron chi connectivity index (χ3n) is 4.98. The monoisotopic (exact) mass is 345 g/mol. The highest BCUT2D eigenvalue weighted by molar-refractivity contribution is 5.80. The number of guanidine groups is 1. The lowest BCUT2D eigenvalue weighted by molar-refractivity contribution is 0.0376. The maximum Gasteiger partial charge on any atom is 0.193 e. The molecule has 0 aromatic carbocycles. The van der Waals surface area contributed by atoms with E-state index in [-0.39, 0.29) is 0 Å². The molecular weight excluding hydrogens is 318 g/mol. The molecule has 0 amide bonds. The average Bonchev–Trinajstić information content (AvgIpc) is 3.30. The molecule has 1 saturated heterocycles. The summed E-state index contributed by atoms with van der Waals surface area (Å²) in [4.78, 5) is 10.8. The van der Waals surface area contributed by atoms with Crippen LogP contribution in [0.4, 0.5) is 0 Å². The van der Waals surface area contributed by atoms with E-state index in [1.165, 1.54) is 0 Å². The van der Waals surface area contributed by atoms with Crippen molar-refractivity contribution in [1.82, 2.24) is 19.8 Å². The smallest absolute Gasteiger partial charge is 0.193 e. The fourth-order valence-electron chi connectivity index (χ4n) is 3.35. The van der Waals surface area contributed by atoms with Crippen LogP contribution in [0.5, 0.6) is 0 Å². The van der Waals surface area contributed by atoms with Crippen molar-refractivity contribution in [3.8, 4) is 0 Å². The van der Waals surface area contributed by atoms with E-state index in [1.54, 1.807) is 32.4 Å². The lowest BCUT2D eigenvalue weighted by atomic mass is 9.93. The van der Waals surface area contributed by atoms with Crippen molar-refractivity contribution in [3.63, 3.8) is 0 Å². The SMILES string of the molecule is CN=C(NCC(C)(O)c1ccco1)N1CCC(C)C(n2ccnc2)C1. The second-order valence-electron chi connectivity index (χ2n) is 6.94. The van der Waals surface area contributed by atoms with E-state index in [9.17, 15) is 5.11 Å². The molecule has 0 aliphatic carbocycles. The zero-order valence-electron chi connectivity index (χ0n) is 15.1. The van der Waals surface area contributed by atoms with Gasteiger partial charge < -0.3 is 24.3 Å². The topological polar surface area (TPSA) is 78.8 Å².